The van der Waals surface area contributed by atoms with Crippen LogP contribution >= 0.6 is 15.2 Å². The van der Waals surface area contributed by atoms with Crippen molar-refractivity contribution in [2.24, 2.45) is 0 Å². The van der Waals surface area contributed by atoms with Crippen molar-refractivity contribution in [1.29, 1.82) is 0 Å². The molecule has 0 atom stereocenters. The smallest absolute Gasteiger partial charge is 0.362 e. The number of hydrogen-bond acceptors (Lipinski definition) is 5. The second kappa shape index (κ2) is 6.42. The van der Waals surface area contributed by atoms with Crippen molar-refractivity contribution in [3.63, 3.8) is 0 Å². The molecular formula is C6H12O9P2. The molecule has 0 heterocycles. The molecule has 0 fully saturated rings. The number of hydrogen-bond donors (Lipinski definition) is 4. The van der Waals surface area contributed by atoms with Crippen LogP contribution in [0.4, 0.5) is 0 Å². The van der Waals surface area contributed by atoms with Crippen molar-refractivity contribution >= 4 is 21.2 Å². The van der Waals surface area contributed by atoms with Crippen molar-refractivity contribution in [3.8, 4) is 0 Å². The van der Waals surface area contributed by atoms with Gasteiger partial charge in [0.25, 0.3) is 0 Å². The average Bonchev–Trinajstić information content (AvgIpc) is 2.10. The molecule has 9 nitrogen and oxygen atoms in total. The lowest BCUT2D eigenvalue weighted by atomic mass is 10.3. The largest absolute Gasteiger partial charge is 0.449 e. The monoisotopic (exact) mass is 290 g/mol. The van der Waals surface area contributed by atoms with Gasteiger partial charge in [-0.05, 0) is 0 Å². The van der Waals surface area contributed by atoms with Gasteiger partial charge in [-0.25, -0.2) is 4.79 Å². The fourth-order valence-electron chi connectivity index (χ4n) is 0.591. The van der Waals surface area contributed by atoms with Crippen molar-refractivity contribution in [3.05, 3.63) is 12.2 Å². The molecule has 0 aliphatic carbocycles. The SMILES string of the molecule is C=C(COCP(=O)(O)O)C(=O)OCP(=O)(O)O. The first-order valence-electron chi connectivity index (χ1n) is 4.03. The van der Waals surface area contributed by atoms with Gasteiger partial charge >= 0.3 is 21.2 Å². The van der Waals surface area contributed by atoms with Crippen LogP contribution in [0.3, 0.4) is 0 Å². The van der Waals surface area contributed by atoms with Crippen LogP contribution in [0.15, 0.2) is 12.2 Å². The van der Waals surface area contributed by atoms with Crippen LogP contribution in [-0.2, 0) is 23.4 Å². The molecule has 100 valence electrons. The zero-order valence-corrected chi connectivity index (χ0v) is 10.3. The van der Waals surface area contributed by atoms with E-state index in [0.29, 0.717) is 0 Å². The van der Waals surface area contributed by atoms with Crippen LogP contribution in [-0.4, -0.2) is 44.8 Å². The van der Waals surface area contributed by atoms with E-state index in [0.717, 1.165) is 0 Å². The van der Waals surface area contributed by atoms with Crippen LogP contribution in [0.25, 0.3) is 0 Å². The lowest BCUT2D eigenvalue weighted by Crippen LogP contribution is -2.13. The first-order chi connectivity index (χ1) is 7.51. The number of esters is 1. The highest BCUT2D eigenvalue weighted by Crippen LogP contribution is 2.35. The second-order valence-corrected chi connectivity index (χ2v) is 6.15. The van der Waals surface area contributed by atoms with E-state index in [1.807, 2.05) is 0 Å². The highest BCUT2D eigenvalue weighted by molar-refractivity contribution is 7.51. The predicted octanol–water partition coefficient (Wildman–Crippen LogP) is -0.627. The number of ether oxygens (including phenoxy) is 2. The minimum atomic E-state index is -4.46. The van der Waals surface area contributed by atoms with Gasteiger partial charge in [0, 0.05) is 0 Å². The van der Waals surface area contributed by atoms with Gasteiger partial charge in [-0.3, -0.25) is 9.13 Å². The van der Waals surface area contributed by atoms with Crippen molar-refractivity contribution in [2.75, 3.05) is 19.3 Å². The van der Waals surface area contributed by atoms with Crippen LogP contribution in [0.2, 0.25) is 0 Å². The lowest BCUT2D eigenvalue weighted by Gasteiger charge is -2.09. The quantitative estimate of drug-likeness (QED) is 0.273. The predicted molar refractivity (Wildman–Crippen MR) is 55.0 cm³/mol. The van der Waals surface area contributed by atoms with Gasteiger partial charge in [0.1, 0.15) is 6.35 Å². The van der Waals surface area contributed by atoms with Gasteiger partial charge in [-0.2, -0.15) is 0 Å². The van der Waals surface area contributed by atoms with Gasteiger partial charge in [0.2, 0.25) is 0 Å². The van der Waals surface area contributed by atoms with E-state index in [9.17, 15) is 13.9 Å². The zero-order chi connectivity index (χ0) is 13.7. The standard InChI is InChI=1S/C6H12O9P2/c1-5(2-14-3-16(8,9)10)6(7)15-4-17(11,12)13/h1-4H2,(H2,8,9,10)(H2,11,12,13). The summed E-state index contributed by atoms with van der Waals surface area (Å²) in [6, 6.07) is 0. The van der Waals surface area contributed by atoms with E-state index in [1.165, 1.54) is 0 Å². The third kappa shape index (κ3) is 10.3. The maximum absolute atomic E-state index is 11.0. The van der Waals surface area contributed by atoms with Crippen LogP contribution in [0.5, 0.6) is 0 Å². The first-order valence-corrected chi connectivity index (χ1v) is 7.62. The Balaban J connectivity index is 3.96. The first kappa shape index (κ1) is 16.5. The van der Waals surface area contributed by atoms with Gasteiger partial charge in [0.05, 0.1) is 12.2 Å². The van der Waals surface area contributed by atoms with E-state index in [-0.39, 0.29) is 5.57 Å². The van der Waals surface area contributed by atoms with E-state index in [2.05, 4.69) is 16.1 Å². The summed E-state index contributed by atoms with van der Waals surface area (Å²) in [6.45, 7) is 2.66. The summed E-state index contributed by atoms with van der Waals surface area (Å²) in [6.07, 6.45) is -1.98. The highest BCUT2D eigenvalue weighted by atomic mass is 31.2. The molecule has 0 bridgehead atoms. The molecule has 0 aromatic carbocycles. The summed E-state index contributed by atoms with van der Waals surface area (Å²) < 4.78 is 29.3. The molecule has 0 aliphatic heterocycles. The molecule has 0 amide bonds. The van der Waals surface area contributed by atoms with Crippen LogP contribution in [0.1, 0.15) is 0 Å². The summed E-state index contributed by atoms with van der Waals surface area (Å²) in [7, 11) is -8.80. The summed E-state index contributed by atoms with van der Waals surface area (Å²) in [5, 5.41) is 0. The number of carbonyl (C=O) groups is 1. The van der Waals surface area contributed by atoms with Crippen LogP contribution < -0.4 is 0 Å². The molecule has 17 heavy (non-hydrogen) atoms. The summed E-state index contributed by atoms with van der Waals surface area (Å²) in [5.41, 5.74) is -0.313. The number of carbonyl (C=O) groups excluding carboxylic acids is 1. The van der Waals surface area contributed by atoms with E-state index >= 15 is 0 Å². The molecule has 0 aliphatic rings. The molecule has 0 spiro atoms. The highest BCUT2D eigenvalue weighted by Gasteiger charge is 2.19. The maximum atomic E-state index is 11.0. The average molecular weight is 290 g/mol. The lowest BCUT2D eigenvalue weighted by molar-refractivity contribution is -0.138. The summed E-state index contributed by atoms with van der Waals surface area (Å²) in [4.78, 5) is 44.6. The fourth-order valence-corrected chi connectivity index (χ4v) is 1.21. The summed E-state index contributed by atoms with van der Waals surface area (Å²) >= 11 is 0. The fraction of sp³-hybridized carbons (Fsp3) is 0.500. The topological polar surface area (TPSA) is 151 Å². The van der Waals surface area contributed by atoms with Gasteiger partial charge in [0.15, 0.2) is 6.35 Å². The van der Waals surface area contributed by atoms with Gasteiger partial charge < -0.3 is 29.0 Å². The van der Waals surface area contributed by atoms with Crippen molar-refractivity contribution < 1.29 is 43.0 Å². The van der Waals surface area contributed by atoms with Gasteiger partial charge in [-0.1, -0.05) is 6.58 Å². The van der Waals surface area contributed by atoms with Crippen molar-refractivity contribution in [2.45, 2.75) is 0 Å². The molecule has 0 saturated carbocycles. The molecule has 0 aromatic rings. The van der Waals surface area contributed by atoms with Crippen LogP contribution in [0, 0.1) is 0 Å². The molecule has 4 N–H and O–H groups in total. The molecule has 11 heteroatoms. The van der Waals surface area contributed by atoms with Crippen molar-refractivity contribution in [1.82, 2.24) is 0 Å². The normalized spacial score (nSPS) is 12.2. The Bertz CT molecular complexity index is 377. The Labute approximate surface area is 96.4 Å². The second-order valence-electron chi connectivity index (χ2n) is 2.97. The van der Waals surface area contributed by atoms with E-state index < -0.39 is 40.5 Å². The molecular weight excluding hydrogens is 278 g/mol. The third-order valence-corrected chi connectivity index (χ3v) is 2.17. The summed E-state index contributed by atoms with van der Waals surface area (Å²) in [5.74, 6) is -1.11. The Hall–Kier alpha value is -0.530. The Kier molecular flexibility index (Phi) is 6.22. The van der Waals surface area contributed by atoms with E-state index in [1.54, 1.807) is 0 Å². The van der Waals surface area contributed by atoms with E-state index in [4.69, 9.17) is 19.6 Å². The Morgan fingerprint density at radius 3 is 1.94 bits per heavy atom. The molecule has 0 radical (unpaired) electrons. The van der Waals surface area contributed by atoms with Gasteiger partial charge in [-0.15, -0.1) is 0 Å². The Morgan fingerprint density at radius 1 is 1.06 bits per heavy atom. The Morgan fingerprint density at radius 2 is 1.53 bits per heavy atom. The number of rotatable bonds is 7. The minimum absolute atomic E-state index is 0.313. The molecule has 0 rings (SSSR count). The minimum Gasteiger partial charge on any atom is -0.449 e. The molecule has 0 aromatic heterocycles. The molecule has 0 saturated heterocycles. The third-order valence-electron chi connectivity index (χ3n) is 1.19. The zero-order valence-electron chi connectivity index (χ0n) is 8.55. The molecule has 0 unspecified atom stereocenters. The maximum Gasteiger partial charge on any atom is 0.362 e.